The molecule has 0 atom stereocenters. The summed E-state index contributed by atoms with van der Waals surface area (Å²) in [5.74, 6) is 5.25. The highest BCUT2D eigenvalue weighted by Crippen LogP contribution is 2.08. The van der Waals surface area contributed by atoms with Gasteiger partial charge in [-0.25, -0.2) is 0 Å². The smallest absolute Gasteiger partial charge is 0.251 e. The molecule has 0 saturated heterocycles. The summed E-state index contributed by atoms with van der Waals surface area (Å²) in [5, 5.41) is 11.5. The van der Waals surface area contributed by atoms with Crippen LogP contribution in [0.1, 0.15) is 27.0 Å². The Balaban J connectivity index is 1.99. The minimum Gasteiger partial charge on any atom is -0.384 e. The Kier molecular flexibility index (Phi) is 5.14. The van der Waals surface area contributed by atoms with E-state index in [2.05, 4.69) is 17.2 Å². The molecule has 2 rings (SSSR count). The van der Waals surface area contributed by atoms with Crippen molar-refractivity contribution in [2.75, 3.05) is 6.61 Å². The van der Waals surface area contributed by atoms with Gasteiger partial charge in [0.2, 0.25) is 0 Å². The number of aliphatic hydroxyl groups excluding tert-OH is 1. The second kappa shape index (κ2) is 7.28. The Morgan fingerprint density at radius 1 is 1.14 bits per heavy atom. The van der Waals surface area contributed by atoms with Crippen molar-refractivity contribution in [2.45, 2.75) is 13.5 Å². The van der Waals surface area contributed by atoms with Crippen molar-refractivity contribution < 1.29 is 9.90 Å². The summed E-state index contributed by atoms with van der Waals surface area (Å²) in [6.45, 7) is 2.37. The van der Waals surface area contributed by atoms with Gasteiger partial charge < -0.3 is 10.4 Å². The van der Waals surface area contributed by atoms with Crippen molar-refractivity contribution in [1.29, 1.82) is 0 Å². The highest BCUT2D eigenvalue weighted by Gasteiger charge is 2.05. The first-order chi connectivity index (χ1) is 10.2. The maximum Gasteiger partial charge on any atom is 0.251 e. The molecule has 2 N–H and O–H groups in total. The van der Waals surface area contributed by atoms with Gasteiger partial charge in [0, 0.05) is 17.7 Å². The van der Waals surface area contributed by atoms with Crippen molar-refractivity contribution in [3.63, 3.8) is 0 Å². The van der Waals surface area contributed by atoms with E-state index in [1.807, 2.05) is 31.2 Å². The Morgan fingerprint density at radius 3 is 2.52 bits per heavy atom. The van der Waals surface area contributed by atoms with E-state index >= 15 is 0 Å². The highest BCUT2D eigenvalue weighted by molar-refractivity contribution is 5.94. The Hall–Kier alpha value is -2.57. The largest absolute Gasteiger partial charge is 0.384 e. The van der Waals surface area contributed by atoms with Gasteiger partial charge in [-0.1, -0.05) is 36.1 Å². The van der Waals surface area contributed by atoms with Crippen LogP contribution in [-0.4, -0.2) is 17.6 Å². The van der Waals surface area contributed by atoms with Crippen LogP contribution < -0.4 is 5.32 Å². The van der Waals surface area contributed by atoms with Gasteiger partial charge in [0.15, 0.2) is 0 Å². The van der Waals surface area contributed by atoms with Gasteiger partial charge in [-0.05, 0) is 42.3 Å². The fraction of sp³-hybridized carbons (Fsp3) is 0.167. The van der Waals surface area contributed by atoms with Crippen LogP contribution in [0.2, 0.25) is 0 Å². The maximum absolute atomic E-state index is 12.1. The van der Waals surface area contributed by atoms with E-state index in [-0.39, 0.29) is 12.5 Å². The molecule has 2 aromatic rings. The van der Waals surface area contributed by atoms with Crippen LogP contribution in [0.5, 0.6) is 0 Å². The summed E-state index contributed by atoms with van der Waals surface area (Å²) in [7, 11) is 0. The molecule has 0 fully saturated rings. The first-order valence-electron chi connectivity index (χ1n) is 6.73. The lowest BCUT2D eigenvalue weighted by Crippen LogP contribution is -2.23. The number of amides is 1. The molecule has 0 aliphatic carbocycles. The lowest BCUT2D eigenvalue weighted by Gasteiger charge is -2.08. The average molecular weight is 279 g/mol. The fourth-order valence-electron chi connectivity index (χ4n) is 1.93. The number of nitrogens with one attached hydrogen (secondary N) is 1. The minimum atomic E-state index is -0.168. The molecule has 0 bridgehead atoms. The lowest BCUT2D eigenvalue weighted by atomic mass is 10.1. The molecular weight excluding hydrogens is 262 g/mol. The SMILES string of the molecule is Cc1ccccc1CNC(=O)c1ccc(C#CCO)cc1. The van der Waals surface area contributed by atoms with Gasteiger partial charge in [-0.15, -0.1) is 0 Å². The van der Waals surface area contributed by atoms with Crippen molar-refractivity contribution in [1.82, 2.24) is 5.32 Å². The van der Waals surface area contributed by atoms with Crippen molar-refractivity contribution in [3.8, 4) is 11.8 Å². The van der Waals surface area contributed by atoms with Crippen molar-refractivity contribution in [3.05, 3.63) is 70.8 Å². The van der Waals surface area contributed by atoms with E-state index in [0.717, 1.165) is 16.7 Å². The standard InChI is InChI=1S/C18H17NO2/c1-14-5-2-3-7-17(14)13-19-18(21)16-10-8-15(9-11-16)6-4-12-20/h2-3,5,7-11,20H,12-13H2,1H3,(H,19,21). The van der Waals surface area contributed by atoms with E-state index in [1.165, 1.54) is 0 Å². The zero-order valence-corrected chi connectivity index (χ0v) is 11.9. The summed E-state index contributed by atoms with van der Waals surface area (Å²) in [6.07, 6.45) is 0. The number of hydrogen-bond acceptors (Lipinski definition) is 2. The zero-order chi connectivity index (χ0) is 15.1. The molecule has 21 heavy (non-hydrogen) atoms. The molecule has 0 radical (unpaired) electrons. The molecule has 3 heteroatoms. The second-order valence-electron chi connectivity index (χ2n) is 4.65. The third-order valence-corrected chi connectivity index (χ3v) is 3.16. The molecule has 0 heterocycles. The molecule has 0 aliphatic rings. The van der Waals surface area contributed by atoms with Gasteiger partial charge in [-0.2, -0.15) is 0 Å². The monoisotopic (exact) mass is 279 g/mol. The van der Waals surface area contributed by atoms with E-state index in [1.54, 1.807) is 24.3 Å². The molecule has 3 nitrogen and oxygen atoms in total. The molecule has 0 spiro atoms. The van der Waals surface area contributed by atoms with E-state index in [9.17, 15) is 4.79 Å². The van der Waals surface area contributed by atoms with Gasteiger partial charge in [0.25, 0.3) is 5.91 Å². The predicted molar refractivity (Wildman–Crippen MR) is 82.8 cm³/mol. The molecule has 1 amide bonds. The number of rotatable bonds is 3. The normalized spacial score (nSPS) is 9.62. The number of hydrogen-bond donors (Lipinski definition) is 2. The number of aryl methyl sites for hydroxylation is 1. The van der Waals surface area contributed by atoms with Crippen molar-refractivity contribution in [2.24, 2.45) is 0 Å². The first-order valence-corrected chi connectivity index (χ1v) is 6.73. The predicted octanol–water partition coefficient (Wildman–Crippen LogP) is 2.27. The third-order valence-electron chi connectivity index (χ3n) is 3.16. The second-order valence-corrected chi connectivity index (χ2v) is 4.65. The molecule has 0 saturated carbocycles. The Labute approximate surface area is 124 Å². The van der Waals surface area contributed by atoms with Crippen molar-refractivity contribution >= 4 is 5.91 Å². The number of aliphatic hydroxyl groups is 1. The zero-order valence-electron chi connectivity index (χ0n) is 11.9. The van der Waals surface area contributed by atoms with Crippen LogP contribution in [0.15, 0.2) is 48.5 Å². The quantitative estimate of drug-likeness (QED) is 0.847. The summed E-state index contributed by atoms with van der Waals surface area (Å²) in [6, 6.07) is 15.0. The third kappa shape index (κ3) is 4.20. The lowest BCUT2D eigenvalue weighted by molar-refractivity contribution is 0.0951. The van der Waals surface area contributed by atoms with E-state index < -0.39 is 0 Å². The van der Waals surface area contributed by atoms with E-state index in [4.69, 9.17) is 5.11 Å². The van der Waals surface area contributed by atoms with Crippen LogP contribution in [-0.2, 0) is 6.54 Å². The fourth-order valence-corrected chi connectivity index (χ4v) is 1.93. The van der Waals surface area contributed by atoms with Crippen LogP contribution in [0.3, 0.4) is 0 Å². The highest BCUT2D eigenvalue weighted by atomic mass is 16.2. The van der Waals surface area contributed by atoms with Crippen LogP contribution >= 0.6 is 0 Å². The van der Waals surface area contributed by atoms with Gasteiger partial charge in [-0.3, -0.25) is 4.79 Å². The van der Waals surface area contributed by atoms with Gasteiger partial charge in [0.1, 0.15) is 6.61 Å². The molecule has 106 valence electrons. The average Bonchev–Trinajstić information content (AvgIpc) is 2.52. The summed E-state index contributed by atoms with van der Waals surface area (Å²) >= 11 is 0. The summed E-state index contributed by atoms with van der Waals surface area (Å²) in [4.78, 5) is 12.1. The molecule has 0 aliphatic heterocycles. The molecule has 0 unspecified atom stereocenters. The van der Waals surface area contributed by atoms with Gasteiger partial charge >= 0.3 is 0 Å². The summed E-state index contributed by atoms with van der Waals surface area (Å²) < 4.78 is 0. The minimum absolute atomic E-state index is 0.111. The molecular formula is C18H17NO2. The number of carbonyl (C=O) groups excluding carboxylic acids is 1. The first kappa shape index (κ1) is 14.8. The number of carbonyl (C=O) groups is 1. The molecule has 0 aromatic heterocycles. The Morgan fingerprint density at radius 2 is 1.86 bits per heavy atom. The van der Waals surface area contributed by atoms with Gasteiger partial charge in [0.05, 0.1) is 0 Å². The molecule has 2 aromatic carbocycles. The van der Waals surface area contributed by atoms with Crippen LogP contribution in [0.4, 0.5) is 0 Å². The maximum atomic E-state index is 12.1. The Bertz CT molecular complexity index is 678. The van der Waals surface area contributed by atoms with Crippen LogP contribution in [0.25, 0.3) is 0 Å². The van der Waals surface area contributed by atoms with Crippen LogP contribution in [0, 0.1) is 18.8 Å². The van der Waals surface area contributed by atoms with E-state index in [0.29, 0.717) is 12.1 Å². The topological polar surface area (TPSA) is 49.3 Å². The summed E-state index contributed by atoms with van der Waals surface area (Å²) in [5.41, 5.74) is 3.64. The number of benzene rings is 2.